The van der Waals surface area contributed by atoms with Crippen molar-refractivity contribution in [3.63, 3.8) is 0 Å². The predicted molar refractivity (Wildman–Crippen MR) is 117 cm³/mol. The maximum Gasteiger partial charge on any atom is 0.360 e. The number of para-hydroxylation sites is 1. The van der Waals surface area contributed by atoms with Gasteiger partial charge in [0.15, 0.2) is 5.69 Å². The van der Waals surface area contributed by atoms with Gasteiger partial charge in [0.1, 0.15) is 0 Å². The van der Waals surface area contributed by atoms with Gasteiger partial charge in [-0.25, -0.2) is 4.79 Å². The number of anilines is 1. The lowest BCUT2D eigenvalue weighted by molar-refractivity contribution is -0.115. The monoisotopic (exact) mass is 469 g/mol. The van der Waals surface area contributed by atoms with E-state index in [9.17, 15) is 14.4 Å². The van der Waals surface area contributed by atoms with Crippen LogP contribution in [0, 0.1) is 6.92 Å². The second-order valence-electron chi connectivity index (χ2n) is 6.52. The van der Waals surface area contributed by atoms with Gasteiger partial charge in [-0.3, -0.25) is 9.59 Å². The molecule has 0 atom stereocenters. The van der Waals surface area contributed by atoms with Crippen molar-refractivity contribution in [3.8, 4) is 5.69 Å². The molecule has 1 heterocycles. The lowest BCUT2D eigenvalue weighted by atomic mass is 10.1. The summed E-state index contributed by atoms with van der Waals surface area (Å²) in [5, 5.41) is 6.82. The number of esters is 1. The number of aromatic nitrogens is 2. The quantitative estimate of drug-likeness (QED) is 0.556. The number of amides is 1. The highest BCUT2D eigenvalue weighted by Gasteiger charge is 2.20. The van der Waals surface area contributed by atoms with Crippen molar-refractivity contribution in [1.82, 2.24) is 9.78 Å². The predicted octanol–water partition coefficient (Wildman–Crippen LogP) is 3.66. The molecule has 1 aromatic heterocycles. The van der Waals surface area contributed by atoms with Crippen LogP contribution in [0.1, 0.15) is 28.5 Å². The standard InChI is InChI=1S/C22H20BrN3O4/c1-3-30-22(29)21-17(24-19(27)12-15-8-10-16(23)11-9-15)13-20(28)26(25-21)18-7-5-4-6-14(18)2/h4-11,13H,3,12H2,1-2H3,(H,24,27). The SMILES string of the molecule is CCOC(=O)c1nn(-c2ccccc2C)c(=O)cc1NC(=O)Cc1ccc(Br)cc1. The molecule has 3 aromatic rings. The van der Waals surface area contributed by atoms with Crippen molar-refractivity contribution in [1.29, 1.82) is 0 Å². The Morgan fingerprint density at radius 1 is 1.13 bits per heavy atom. The molecule has 1 N–H and O–H groups in total. The number of aryl methyl sites for hydroxylation is 1. The topological polar surface area (TPSA) is 90.3 Å². The van der Waals surface area contributed by atoms with Gasteiger partial charge in [-0.1, -0.05) is 46.3 Å². The Kier molecular flexibility index (Phi) is 6.79. The molecule has 0 aliphatic heterocycles. The van der Waals surface area contributed by atoms with Crippen LogP contribution in [0.2, 0.25) is 0 Å². The van der Waals surface area contributed by atoms with Gasteiger partial charge in [0, 0.05) is 10.5 Å². The Hall–Kier alpha value is -3.26. The molecule has 30 heavy (non-hydrogen) atoms. The Labute approximate surface area is 181 Å². The van der Waals surface area contributed by atoms with Crippen molar-refractivity contribution in [2.45, 2.75) is 20.3 Å². The average molecular weight is 470 g/mol. The van der Waals surface area contributed by atoms with Gasteiger partial charge in [0.2, 0.25) is 5.91 Å². The molecule has 7 nitrogen and oxygen atoms in total. The number of nitrogens with zero attached hydrogens (tertiary/aromatic N) is 2. The first-order valence-electron chi connectivity index (χ1n) is 9.31. The van der Waals surface area contributed by atoms with E-state index in [4.69, 9.17) is 4.74 Å². The lowest BCUT2D eigenvalue weighted by Crippen LogP contribution is -2.28. The van der Waals surface area contributed by atoms with Crippen molar-refractivity contribution in [2.24, 2.45) is 0 Å². The summed E-state index contributed by atoms with van der Waals surface area (Å²) in [5.74, 6) is -1.10. The second kappa shape index (κ2) is 9.49. The molecular formula is C22H20BrN3O4. The van der Waals surface area contributed by atoms with Crippen LogP contribution in [0.5, 0.6) is 0 Å². The van der Waals surface area contributed by atoms with Crippen LogP contribution in [-0.2, 0) is 16.0 Å². The summed E-state index contributed by atoms with van der Waals surface area (Å²) >= 11 is 3.35. The van der Waals surface area contributed by atoms with E-state index < -0.39 is 11.5 Å². The van der Waals surface area contributed by atoms with Gasteiger partial charge in [-0.2, -0.15) is 9.78 Å². The third-order valence-corrected chi connectivity index (χ3v) is 4.82. The van der Waals surface area contributed by atoms with Gasteiger partial charge in [0.05, 0.1) is 24.4 Å². The first-order chi connectivity index (χ1) is 14.4. The molecule has 154 valence electrons. The van der Waals surface area contributed by atoms with Crippen LogP contribution in [0.4, 0.5) is 5.69 Å². The number of carbonyl (C=O) groups excluding carboxylic acids is 2. The molecule has 0 aliphatic rings. The summed E-state index contributed by atoms with van der Waals surface area (Å²) < 4.78 is 7.10. The molecule has 0 fully saturated rings. The Morgan fingerprint density at radius 3 is 2.50 bits per heavy atom. The maximum atomic E-state index is 12.7. The molecule has 3 rings (SSSR count). The smallest absolute Gasteiger partial charge is 0.360 e. The van der Waals surface area contributed by atoms with Crippen LogP contribution in [-0.4, -0.2) is 28.3 Å². The molecule has 0 bridgehead atoms. The fraction of sp³-hybridized carbons (Fsp3) is 0.182. The Bertz CT molecular complexity index is 1140. The van der Waals surface area contributed by atoms with Crippen LogP contribution in [0.25, 0.3) is 5.69 Å². The number of benzene rings is 2. The maximum absolute atomic E-state index is 12.7. The van der Waals surface area contributed by atoms with E-state index in [1.54, 1.807) is 19.1 Å². The minimum atomic E-state index is -0.723. The van der Waals surface area contributed by atoms with Gasteiger partial charge in [0.25, 0.3) is 5.56 Å². The molecule has 0 aliphatic carbocycles. The van der Waals surface area contributed by atoms with Crippen LogP contribution in [0.3, 0.4) is 0 Å². The van der Waals surface area contributed by atoms with E-state index >= 15 is 0 Å². The highest BCUT2D eigenvalue weighted by molar-refractivity contribution is 9.10. The van der Waals surface area contributed by atoms with E-state index in [0.717, 1.165) is 20.3 Å². The summed E-state index contributed by atoms with van der Waals surface area (Å²) in [4.78, 5) is 37.7. The molecule has 0 spiro atoms. The summed E-state index contributed by atoms with van der Waals surface area (Å²) in [5.41, 5.74) is 1.55. The molecule has 0 saturated carbocycles. The van der Waals surface area contributed by atoms with Crippen LogP contribution >= 0.6 is 15.9 Å². The molecule has 0 saturated heterocycles. The summed E-state index contributed by atoms with van der Waals surface area (Å²) in [6.45, 7) is 3.64. The third-order valence-electron chi connectivity index (χ3n) is 4.30. The highest BCUT2D eigenvalue weighted by Crippen LogP contribution is 2.17. The zero-order valence-corrected chi connectivity index (χ0v) is 18.1. The van der Waals surface area contributed by atoms with Gasteiger partial charge in [-0.15, -0.1) is 0 Å². The summed E-state index contributed by atoms with van der Waals surface area (Å²) in [6, 6.07) is 15.6. The highest BCUT2D eigenvalue weighted by atomic mass is 79.9. The van der Waals surface area contributed by atoms with Crippen molar-refractivity contribution in [3.05, 3.63) is 86.2 Å². The van der Waals surface area contributed by atoms with Gasteiger partial charge < -0.3 is 10.1 Å². The van der Waals surface area contributed by atoms with Gasteiger partial charge >= 0.3 is 5.97 Å². The number of nitrogens with one attached hydrogen (secondary N) is 1. The molecule has 1 amide bonds. The number of hydrogen-bond acceptors (Lipinski definition) is 5. The van der Waals surface area contributed by atoms with E-state index in [1.807, 2.05) is 43.3 Å². The normalized spacial score (nSPS) is 10.5. The van der Waals surface area contributed by atoms with Crippen molar-refractivity contribution < 1.29 is 14.3 Å². The van der Waals surface area contributed by atoms with E-state index in [-0.39, 0.29) is 30.3 Å². The first kappa shape index (κ1) is 21.4. The van der Waals surface area contributed by atoms with Gasteiger partial charge in [-0.05, 0) is 43.2 Å². The largest absolute Gasteiger partial charge is 0.461 e. The number of carbonyl (C=O) groups is 2. The first-order valence-corrected chi connectivity index (χ1v) is 10.1. The number of rotatable bonds is 6. The fourth-order valence-electron chi connectivity index (χ4n) is 2.86. The fourth-order valence-corrected chi connectivity index (χ4v) is 3.12. The zero-order chi connectivity index (χ0) is 21.7. The zero-order valence-electron chi connectivity index (χ0n) is 16.5. The average Bonchev–Trinajstić information content (AvgIpc) is 2.71. The van der Waals surface area contributed by atoms with Crippen LogP contribution < -0.4 is 10.9 Å². The molecule has 2 aromatic carbocycles. The molecule has 8 heteroatoms. The van der Waals surface area contributed by atoms with Crippen molar-refractivity contribution >= 4 is 33.5 Å². The van der Waals surface area contributed by atoms with E-state index in [2.05, 4.69) is 26.3 Å². The molecular weight excluding hydrogens is 450 g/mol. The third kappa shape index (κ3) is 5.01. The lowest BCUT2D eigenvalue weighted by Gasteiger charge is -2.13. The second-order valence-corrected chi connectivity index (χ2v) is 7.43. The summed E-state index contributed by atoms with van der Waals surface area (Å²) in [7, 11) is 0. The Morgan fingerprint density at radius 2 is 1.83 bits per heavy atom. The number of halogens is 1. The minimum absolute atomic E-state index is 0.0189. The molecule has 0 unspecified atom stereocenters. The molecule has 0 radical (unpaired) electrons. The summed E-state index contributed by atoms with van der Waals surface area (Å²) in [6.07, 6.45) is 0.0798. The number of ether oxygens (including phenoxy) is 1. The number of hydrogen-bond donors (Lipinski definition) is 1. The van der Waals surface area contributed by atoms with E-state index in [0.29, 0.717) is 5.69 Å². The minimum Gasteiger partial charge on any atom is -0.461 e. The van der Waals surface area contributed by atoms with Crippen molar-refractivity contribution in [2.75, 3.05) is 11.9 Å². The van der Waals surface area contributed by atoms with E-state index in [1.165, 1.54) is 6.07 Å². The Balaban J connectivity index is 1.96. The van der Waals surface area contributed by atoms with Crippen LogP contribution in [0.15, 0.2) is 63.9 Å².